The molecule has 0 radical (unpaired) electrons. The fourth-order valence-electron chi connectivity index (χ4n) is 3.68. The van der Waals surface area contributed by atoms with Gasteiger partial charge in [0.25, 0.3) is 11.5 Å². The Labute approximate surface area is 220 Å². The molecule has 2 aromatic carbocycles. The van der Waals surface area contributed by atoms with Crippen LogP contribution in [0.5, 0.6) is 0 Å². The molecule has 0 saturated heterocycles. The van der Waals surface area contributed by atoms with Crippen LogP contribution in [-0.4, -0.2) is 38.6 Å². The monoisotopic (exact) mass is 537 g/mol. The zero-order valence-corrected chi connectivity index (χ0v) is 22.1. The highest BCUT2D eigenvalue weighted by atomic mass is 32.2. The Morgan fingerprint density at radius 3 is 2.62 bits per heavy atom. The zero-order valence-electron chi connectivity index (χ0n) is 20.4. The fourth-order valence-corrected chi connectivity index (χ4v) is 5.48. The molecule has 3 N–H and O–H groups in total. The number of benzene rings is 2. The van der Waals surface area contributed by atoms with Crippen LogP contribution in [-0.2, 0) is 30.2 Å². The number of hydrogen-bond donors (Lipinski definition) is 3. The van der Waals surface area contributed by atoms with Gasteiger partial charge in [-0.2, -0.15) is 10.5 Å². The Kier molecular flexibility index (Phi) is 8.65. The van der Waals surface area contributed by atoms with Gasteiger partial charge in [0.1, 0.15) is 4.83 Å². The summed E-state index contributed by atoms with van der Waals surface area (Å²) in [7, 11) is 0.203. The molecule has 0 aliphatic rings. The summed E-state index contributed by atoms with van der Waals surface area (Å²) >= 11 is 1.28. The van der Waals surface area contributed by atoms with Crippen molar-refractivity contribution in [3.05, 3.63) is 97.9 Å². The van der Waals surface area contributed by atoms with Crippen LogP contribution in [0.2, 0.25) is 0 Å². The number of ether oxygens (including phenoxy) is 1. The first kappa shape index (κ1) is 26.5. The van der Waals surface area contributed by atoms with Gasteiger partial charge in [-0.15, -0.1) is 11.3 Å². The van der Waals surface area contributed by atoms with Gasteiger partial charge in [0, 0.05) is 17.9 Å². The number of rotatable bonds is 10. The van der Waals surface area contributed by atoms with E-state index in [0.717, 1.165) is 16.9 Å². The molecule has 1 unspecified atom stereocenters. The van der Waals surface area contributed by atoms with Crippen molar-refractivity contribution in [2.75, 3.05) is 6.26 Å². The summed E-state index contributed by atoms with van der Waals surface area (Å²) in [5.41, 5.74) is 3.51. The van der Waals surface area contributed by atoms with Crippen LogP contribution in [0.1, 0.15) is 50.2 Å². The molecule has 0 aliphatic heterocycles. The van der Waals surface area contributed by atoms with Gasteiger partial charge < -0.3 is 20.1 Å². The lowest BCUT2D eigenvalue weighted by Crippen LogP contribution is -2.27. The third-order valence-electron chi connectivity index (χ3n) is 5.70. The second-order valence-electron chi connectivity index (χ2n) is 8.42. The molecule has 37 heavy (non-hydrogen) atoms. The molecule has 0 saturated carbocycles. The molecule has 1 atom stereocenters. The molecule has 1 amide bonds. The number of carboxylic acids is 1. The van der Waals surface area contributed by atoms with Crippen molar-refractivity contribution in [3.8, 4) is 0 Å². The second-order valence-corrected chi connectivity index (χ2v) is 11.4. The number of hydrogen-bond acceptors (Lipinski definition) is 6. The molecule has 0 bridgehead atoms. The standard InChI is InChI=1S/C27H27N3O5S2/c1-3-37(2)16-19-6-4-5-18(11-19)12-28-25(32)23-29-24(31)22-21(15-36-26(22)30-23)14-35-13-17-7-9-20(10-8-17)27(33)34/h3-11,15H,12-14,16H2,1-2H3,(H,28,32)(H,33,34)(H,29,30,31). The predicted octanol–water partition coefficient (Wildman–Crippen LogP) is 4.55. The van der Waals surface area contributed by atoms with Gasteiger partial charge in [0.05, 0.1) is 24.2 Å². The van der Waals surface area contributed by atoms with Crippen molar-refractivity contribution in [2.24, 2.45) is 0 Å². The third kappa shape index (κ3) is 6.79. The van der Waals surface area contributed by atoms with Crippen LogP contribution >= 0.6 is 21.8 Å². The number of amides is 1. The van der Waals surface area contributed by atoms with E-state index < -0.39 is 17.4 Å². The average Bonchev–Trinajstić information content (AvgIpc) is 3.31. The zero-order chi connectivity index (χ0) is 26.4. The van der Waals surface area contributed by atoms with Crippen molar-refractivity contribution >= 4 is 49.3 Å². The van der Waals surface area contributed by atoms with Gasteiger partial charge in [0.15, 0.2) is 0 Å². The van der Waals surface area contributed by atoms with Gasteiger partial charge in [-0.3, -0.25) is 9.59 Å². The van der Waals surface area contributed by atoms with E-state index in [4.69, 9.17) is 9.84 Å². The maximum Gasteiger partial charge on any atom is 0.335 e. The largest absolute Gasteiger partial charge is 0.478 e. The number of H-pyrrole nitrogens is 1. The Balaban J connectivity index is 1.39. The first-order chi connectivity index (χ1) is 17.8. The minimum Gasteiger partial charge on any atom is -0.478 e. The summed E-state index contributed by atoms with van der Waals surface area (Å²) in [6.07, 6.45) is 2.19. The molecule has 8 nitrogen and oxygen atoms in total. The molecule has 4 rings (SSSR count). The number of aromatic nitrogens is 2. The van der Waals surface area contributed by atoms with Crippen LogP contribution in [0.3, 0.4) is 0 Å². The highest BCUT2D eigenvalue weighted by Crippen LogP contribution is 2.22. The van der Waals surface area contributed by atoms with Crippen LogP contribution in [0.15, 0.2) is 58.7 Å². The summed E-state index contributed by atoms with van der Waals surface area (Å²) in [6, 6.07) is 14.5. The van der Waals surface area contributed by atoms with Crippen molar-refractivity contribution in [1.82, 2.24) is 15.3 Å². The van der Waals surface area contributed by atoms with Crippen molar-refractivity contribution < 1.29 is 19.4 Å². The van der Waals surface area contributed by atoms with E-state index in [1.54, 1.807) is 17.5 Å². The molecule has 192 valence electrons. The smallest absolute Gasteiger partial charge is 0.335 e. The quantitative estimate of drug-likeness (QED) is 0.255. The Hall–Kier alpha value is -3.60. The van der Waals surface area contributed by atoms with Crippen LogP contribution in [0.4, 0.5) is 0 Å². The summed E-state index contributed by atoms with van der Waals surface area (Å²) in [4.78, 5) is 43.9. The summed E-state index contributed by atoms with van der Waals surface area (Å²) < 4.78 is 5.73. The lowest BCUT2D eigenvalue weighted by Gasteiger charge is -2.08. The van der Waals surface area contributed by atoms with E-state index in [1.807, 2.05) is 12.1 Å². The first-order valence-corrected chi connectivity index (χ1v) is 14.3. The molecule has 0 aliphatic carbocycles. The van der Waals surface area contributed by atoms with Gasteiger partial charge in [-0.25, -0.2) is 9.78 Å². The molecular weight excluding hydrogens is 510 g/mol. The number of thiophene rings is 1. The molecular formula is C27H27N3O5S2. The summed E-state index contributed by atoms with van der Waals surface area (Å²) in [5.74, 6) is -0.497. The molecule has 4 aromatic rings. The minimum atomic E-state index is -0.984. The maximum absolute atomic E-state index is 12.8. The van der Waals surface area contributed by atoms with E-state index in [1.165, 1.54) is 29.0 Å². The predicted molar refractivity (Wildman–Crippen MR) is 149 cm³/mol. The number of aromatic amines is 1. The highest BCUT2D eigenvalue weighted by molar-refractivity contribution is 8.13. The lowest BCUT2D eigenvalue weighted by molar-refractivity contribution is 0.0696. The Morgan fingerprint density at radius 2 is 1.89 bits per heavy atom. The SMILES string of the molecule is C/C=S(/C)Cc1cccc(CNC(=O)c2nc3scc(COCc4ccc(C(=O)O)cc4)c3c(=O)[nH]2)c1. The van der Waals surface area contributed by atoms with Crippen molar-refractivity contribution in [2.45, 2.75) is 32.4 Å². The van der Waals surface area contributed by atoms with E-state index in [9.17, 15) is 14.4 Å². The normalized spacial score (nSPS) is 12.1. The summed E-state index contributed by atoms with van der Waals surface area (Å²) in [5, 5.41) is 16.2. The van der Waals surface area contributed by atoms with E-state index in [-0.39, 0.29) is 35.1 Å². The number of aromatic carboxylic acids is 1. The first-order valence-electron chi connectivity index (χ1n) is 11.5. The molecule has 2 aromatic heterocycles. The molecule has 0 spiro atoms. The average molecular weight is 538 g/mol. The van der Waals surface area contributed by atoms with Gasteiger partial charge in [-0.05, 0) is 47.4 Å². The van der Waals surface area contributed by atoms with Crippen LogP contribution in [0.25, 0.3) is 10.2 Å². The van der Waals surface area contributed by atoms with Gasteiger partial charge in [-0.1, -0.05) is 41.8 Å². The van der Waals surface area contributed by atoms with E-state index >= 15 is 0 Å². The Bertz CT molecular complexity index is 1520. The topological polar surface area (TPSA) is 121 Å². The highest BCUT2D eigenvalue weighted by Gasteiger charge is 2.16. The van der Waals surface area contributed by atoms with Crippen molar-refractivity contribution in [1.29, 1.82) is 0 Å². The van der Waals surface area contributed by atoms with Crippen LogP contribution < -0.4 is 10.9 Å². The molecule has 0 fully saturated rings. The maximum atomic E-state index is 12.8. The lowest BCUT2D eigenvalue weighted by atomic mass is 10.1. The van der Waals surface area contributed by atoms with Gasteiger partial charge in [0.2, 0.25) is 5.82 Å². The number of carboxylic acid groups (broad SMARTS) is 1. The van der Waals surface area contributed by atoms with E-state index in [2.05, 4.69) is 46.0 Å². The number of nitrogens with one attached hydrogen (secondary N) is 2. The van der Waals surface area contributed by atoms with Crippen molar-refractivity contribution in [3.63, 3.8) is 0 Å². The van der Waals surface area contributed by atoms with Gasteiger partial charge >= 0.3 is 5.97 Å². The van der Waals surface area contributed by atoms with E-state index in [0.29, 0.717) is 22.3 Å². The molecule has 10 heteroatoms. The van der Waals surface area contributed by atoms with Crippen LogP contribution in [0, 0.1) is 0 Å². The fraction of sp³-hybridized carbons (Fsp3) is 0.222. The number of fused-ring (bicyclic) bond motifs is 1. The number of carbonyl (C=O) groups is 2. The second kappa shape index (κ2) is 12.1. The number of nitrogens with zero attached hydrogens (tertiary/aromatic N) is 1. The number of carbonyl (C=O) groups excluding carboxylic acids is 1. The summed E-state index contributed by atoms with van der Waals surface area (Å²) in [6.45, 7) is 2.84. The minimum absolute atomic E-state index is 0.0304. The third-order valence-corrected chi connectivity index (χ3v) is 8.22. The Morgan fingerprint density at radius 1 is 1.14 bits per heavy atom. The molecule has 2 heterocycles.